The minimum atomic E-state index is -0.319. The van der Waals surface area contributed by atoms with E-state index in [0.717, 1.165) is 17.5 Å². The molecule has 0 bridgehead atoms. The van der Waals surface area contributed by atoms with Gasteiger partial charge < -0.3 is 9.64 Å². The molecule has 0 saturated carbocycles. The number of anilines is 1. The van der Waals surface area contributed by atoms with Crippen LogP contribution >= 0.6 is 0 Å². The van der Waals surface area contributed by atoms with Crippen molar-refractivity contribution in [2.75, 3.05) is 18.1 Å². The number of carbonyl (C=O) groups excluding carboxylic acids is 2. The Labute approximate surface area is 194 Å². The van der Waals surface area contributed by atoms with E-state index in [1.54, 1.807) is 12.1 Å². The first kappa shape index (κ1) is 22.3. The number of nitrogens with zero attached hydrogens (tertiary/aromatic N) is 2. The van der Waals surface area contributed by atoms with Gasteiger partial charge in [-0.25, -0.2) is 4.90 Å². The van der Waals surface area contributed by atoms with Gasteiger partial charge in [0.15, 0.2) is 0 Å². The fourth-order valence-electron chi connectivity index (χ4n) is 4.00. The molecule has 168 valence electrons. The highest BCUT2D eigenvalue weighted by molar-refractivity contribution is 6.45. The number of rotatable bonds is 9. The monoisotopic (exact) mass is 440 g/mol. The molecule has 5 nitrogen and oxygen atoms in total. The van der Waals surface area contributed by atoms with Crippen molar-refractivity contribution in [2.45, 2.75) is 26.8 Å². The summed E-state index contributed by atoms with van der Waals surface area (Å²) < 4.78 is 5.74. The van der Waals surface area contributed by atoms with Crippen molar-refractivity contribution in [1.29, 1.82) is 0 Å². The van der Waals surface area contributed by atoms with Gasteiger partial charge in [0.1, 0.15) is 11.4 Å². The lowest BCUT2D eigenvalue weighted by atomic mass is 10.0. The van der Waals surface area contributed by atoms with E-state index in [4.69, 9.17) is 4.74 Å². The van der Waals surface area contributed by atoms with E-state index in [0.29, 0.717) is 42.4 Å². The van der Waals surface area contributed by atoms with E-state index < -0.39 is 0 Å². The van der Waals surface area contributed by atoms with Crippen molar-refractivity contribution in [3.8, 4) is 5.75 Å². The molecule has 5 heteroatoms. The van der Waals surface area contributed by atoms with Crippen LogP contribution in [0.4, 0.5) is 5.69 Å². The summed E-state index contributed by atoms with van der Waals surface area (Å²) in [5.41, 5.74) is 3.18. The lowest BCUT2D eigenvalue weighted by Crippen LogP contribution is -2.35. The van der Waals surface area contributed by atoms with Crippen molar-refractivity contribution < 1.29 is 14.3 Å². The number of imide groups is 1. The van der Waals surface area contributed by atoms with Gasteiger partial charge in [-0.3, -0.25) is 9.59 Å². The zero-order valence-electron chi connectivity index (χ0n) is 19.0. The molecule has 0 radical (unpaired) electrons. The van der Waals surface area contributed by atoms with Crippen LogP contribution in [0.1, 0.15) is 31.4 Å². The molecule has 1 aliphatic heterocycles. The number of carbonyl (C=O) groups is 2. The lowest BCUT2D eigenvalue weighted by Gasteiger charge is -2.25. The van der Waals surface area contributed by atoms with Gasteiger partial charge in [0.25, 0.3) is 11.8 Å². The van der Waals surface area contributed by atoms with Crippen LogP contribution in [0.3, 0.4) is 0 Å². The molecule has 2 amide bonds. The van der Waals surface area contributed by atoms with Gasteiger partial charge in [0.05, 0.1) is 17.9 Å². The molecule has 4 rings (SSSR count). The lowest BCUT2D eigenvalue weighted by molar-refractivity contribution is -0.120. The van der Waals surface area contributed by atoms with Gasteiger partial charge in [0.2, 0.25) is 0 Å². The predicted molar refractivity (Wildman–Crippen MR) is 131 cm³/mol. The van der Waals surface area contributed by atoms with Crippen molar-refractivity contribution in [1.82, 2.24) is 4.90 Å². The summed E-state index contributed by atoms with van der Waals surface area (Å²) in [6.45, 7) is 5.73. The number of ether oxygens (including phenoxy) is 1. The van der Waals surface area contributed by atoms with Gasteiger partial charge in [-0.1, -0.05) is 73.7 Å². The number of hydrogen-bond acceptors (Lipinski definition) is 4. The molecule has 0 aromatic heterocycles. The summed E-state index contributed by atoms with van der Waals surface area (Å²) >= 11 is 0. The van der Waals surface area contributed by atoms with E-state index in [9.17, 15) is 9.59 Å². The van der Waals surface area contributed by atoms with Gasteiger partial charge in [-0.15, -0.1) is 0 Å². The Morgan fingerprint density at radius 2 is 1.52 bits per heavy atom. The number of amides is 2. The molecule has 1 aliphatic rings. The maximum atomic E-state index is 13.8. The number of benzene rings is 3. The summed E-state index contributed by atoms with van der Waals surface area (Å²) in [7, 11) is 0. The second-order valence-electron chi connectivity index (χ2n) is 7.88. The SMILES string of the molecule is CCCOc1cccc(N2C(=O)C(c3ccccc3)=C(N(CC)Cc3ccccc3)C2=O)c1. The molecule has 1 heterocycles. The standard InChI is InChI=1S/C28H28N2O3/c1-3-18-33-24-17-11-16-23(19-24)30-27(31)25(22-14-9-6-10-15-22)26(28(30)32)29(4-2)20-21-12-7-5-8-13-21/h5-17,19H,3-4,18,20H2,1-2H3. The number of likely N-dealkylation sites (N-methyl/N-ethyl adjacent to an activating group) is 1. The van der Waals surface area contributed by atoms with Crippen LogP contribution in [0, 0.1) is 0 Å². The van der Waals surface area contributed by atoms with Crippen molar-refractivity contribution in [3.05, 3.63) is 102 Å². The van der Waals surface area contributed by atoms with Crippen molar-refractivity contribution >= 4 is 23.1 Å². The predicted octanol–water partition coefficient (Wildman–Crippen LogP) is 5.28. The average Bonchev–Trinajstić information content (AvgIpc) is 3.12. The van der Waals surface area contributed by atoms with E-state index in [1.807, 2.05) is 91.5 Å². The Balaban J connectivity index is 1.77. The Morgan fingerprint density at radius 1 is 0.818 bits per heavy atom. The summed E-state index contributed by atoms with van der Waals surface area (Å²) in [5, 5.41) is 0. The smallest absolute Gasteiger partial charge is 0.282 e. The molecule has 0 spiro atoms. The molecule has 0 N–H and O–H groups in total. The van der Waals surface area contributed by atoms with E-state index in [-0.39, 0.29) is 11.8 Å². The van der Waals surface area contributed by atoms with Crippen LogP contribution in [0.25, 0.3) is 5.57 Å². The minimum absolute atomic E-state index is 0.315. The molecule has 0 unspecified atom stereocenters. The molecule has 3 aromatic carbocycles. The Kier molecular flexibility index (Phi) is 6.89. The fraction of sp³-hybridized carbons (Fsp3) is 0.214. The number of hydrogen-bond donors (Lipinski definition) is 0. The second kappa shape index (κ2) is 10.2. The molecule has 3 aromatic rings. The van der Waals surface area contributed by atoms with E-state index >= 15 is 0 Å². The van der Waals surface area contributed by atoms with Crippen LogP contribution < -0.4 is 9.64 Å². The second-order valence-corrected chi connectivity index (χ2v) is 7.88. The first-order chi connectivity index (χ1) is 16.1. The molecule has 33 heavy (non-hydrogen) atoms. The summed E-state index contributed by atoms with van der Waals surface area (Å²) in [5.74, 6) is 0.00548. The topological polar surface area (TPSA) is 49.9 Å². The molecular weight excluding hydrogens is 412 g/mol. The third-order valence-electron chi connectivity index (χ3n) is 5.58. The Morgan fingerprint density at radius 3 is 2.18 bits per heavy atom. The van der Waals surface area contributed by atoms with E-state index in [2.05, 4.69) is 0 Å². The van der Waals surface area contributed by atoms with Crippen LogP contribution in [-0.4, -0.2) is 29.9 Å². The third kappa shape index (κ3) is 4.67. The third-order valence-corrected chi connectivity index (χ3v) is 5.58. The Bertz CT molecular complexity index is 1160. The quantitative estimate of drug-likeness (QED) is 0.425. The zero-order chi connectivity index (χ0) is 23.2. The van der Waals surface area contributed by atoms with Crippen LogP contribution in [0.2, 0.25) is 0 Å². The van der Waals surface area contributed by atoms with Gasteiger partial charge >= 0.3 is 0 Å². The van der Waals surface area contributed by atoms with Gasteiger partial charge in [0, 0.05) is 19.2 Å². The van der Waals surface area contributed by atoms with E-state index in [1.165, 1.54) is 4.90 Å². The first-order valence-electron chi connectivity index (χ1n) is 11.3. The highest BCUT2D eigenvalue weighted by Gasteiger charge is 2.42. The van der Waals surface area contributed by atoms with Gasteiger partial charge in [-0.05, 0) is 36.6 Å². The van der Waals surface area contributed by atoms with Crippen LogP contribution in [-0.2, 0) is 16.1 Å². The van der Waals surface area contributed by atoms with Crippen LogP contribution in [0.15, 0.2) is 90.6 Å². The highest BCUT2D eigenvalue weighted by Crippen LogP contribution is 2.36. The normalized spacial score (nSPS) is 13.6. The van der Waals surface area contributed by atoms with Crippen LogP contribution in [0.5, 0.6) is 5.75 Å². The fourth-order valence-corrected chi connectivity index (χ4v) is 4.00. The largest absolute Gasteiger partial charge is 0.494 e. The summed E-state index contributed by atoms with van der Waals surface area (Å²) in [4.78, 5) is 30.7. The zero-order valence-corrected chi connectivity index (χ0v) is 19.0. The molecule has 0 atom stereocenters. The summed E-state index contributed by atoms with van der Waals surface area (Å²) in [6.07, 6.45) is 0.876. The molecule has 0 saturated heterocycles. The first-order valence-corrected chi connectivity index (χ1v) is 11.3. The minimum Gasteiger partial charge on any atom is -0.494 e. The highest BCUT2D eigenvalue weighted by atomic mass is 16.5. The maximum absolute atomic E-state index is 13.8. The molecule has 0 aliphatic carbocycles. The van der Waals surface area contributed by atoms with Crippen molar-refractivity contribution in [3.63, 3.8) is 0 Å². The van der Waals surface area contributed by atoms with Gasteiger partial charge in [-0.2, -0.15) is 0 Å². The maximum Gasteiger partial charge on any atom is 0.282 e. The molecule has 0 fully saturated rings. The van der Waals surface area contributed by atoms with Crippen molar-refractivity contribution in [2.24, 2.45) is 0 Å². The summed E-state index contributed by atoms with van der Waals surface area (Å²) in [6, 6.07) is 26.6. The molecular formula is C28H28N2O3. The Hall–Kier alpha value is -3.86. The average molecular weight is 441 g/mol.